The summed E-state index contributed by atoms with van der Waals surface area (Å²) >= 11 is 0. The van der Waals surface area contributed by atoms with Crippen LogP contribution in [0.5, 0.6) is 0 Å². The van der Waals surface area contributed by atoms with Gasteiger partial charge in [-0.1, -0.05) is 0 Å². The van der Waals surface area contributed by atoms with Crippen molar-refractivity contribution in [1.29, 1.82) is 0 Å². The first-order chi connectivity index (χ1) is 16.2. The molecule has 2 aromatic heterocycles. The molecule has 1 saturated heterocycles. The van der Waals surface area contributed by atoms with Gasteiger partial charge in [0.2, 0.25) is 0 Å². The van der Waals surface area contributed by atoms with Crippen molar-refractivity contribution in [1.82, 2.24) is 25.0 Å². The molecule has 1 N–H and O–H groups in total. The van der Waals surface area contributed by atoms with E-state index in [0.29, 0.717) is 19.5 Å². The third kappa shape index (κ3) is 5.35. The van der Waals surface area contributed by atoms with E-state index in [2.05, 4.69) is 36.9 Å². The average molecular weight is 472 g/mol. The fraction of sp³-hybridized carbons (Fsp3) is 0.680. The van der Waals surface area contributed by atoms with Crippen molar-refractivity contribution < 1.29 is 19.1 Å². The molecular formula is C25H37N5O4. The average Bonchev–Trinajstić information content (AvgIpc) is 3.56. The maximum atomic E-state index is 13.7. The smallest absolute Gasteiger partial charge is 0.406 e. The van der Waals surface area contributed by atoms with Crippen LogP contribution in [0.15, 0.2) is 12.1 Å². The minimum atomic E-state index is -0.444. The summed E-state index contributed by atoms with van der Waals surface area (Å²) in [4.78, 5) is 31.8. The predicted molar refractivity (Wildman–Crippen MR) is 128 cm³/mol. The van der Waals surface area contributed by atoms with Crippen molar-refractivity contribution in [2.24, 2.45) is 0 Å². The summed E-state index contributed by atoms with van der Waals surface area (Å²) in [5.74, 6) is 0.0767. The highest BCUT2D eigenvalue weighted by atomic mass is 16.5. The number of nitrogens with zero attached hydrogens (tertiary/aromatic N) is 4. The van der Waals surface area contributed by atoms with Crippen LogP contribution >= 0.6 is 0 Å². The Morgan fingerprint density at radius 3 is 2.76 bits per heavy atom. The minimum absolute atomic E-state index is 0.0767. The Balaban J connectivity index is 1.58. The van der Waals surface area contributed by atoms with Gasteiger partial charge in [-0.25, -0.2) is 14.5 Å². The lowest BCUT2D eigenvalue weighted by Gasteiger charge is -2.39. The monoisotopic (exact) mass is 471 g/mol. The molecule has 9 heteroatoms. The molecule has 1 aliphatic heterocycles. The van der Waals surface area contributed by atoms with Crippen LogP contribution in [0.4, 0.5) is 4.79 Å². The summed E-state index contributed by atoms with van der Waals surface area (Å²) in [6.07, 6.45) is 4.61. The van der Waals surface area contributed by atoms with Crippen LogP contribution < -0.4 is 5.32 Å². The van der Waals surface area contributed by atoms with E-state index in [1.165, 1.54) is 7.11 Å². The molecule has 2 amide bonds. The van der Waals surface area contributed by atoms with Crippen molar-refractivity contribution >= 4 is 23.0 Å². The standard InChI is InChI=1S/C25H37N5O4/c1-16-9-12-19-21(28-29(22(19)27-16)15-7-14-26-24(32)33-5)17(2)30(18-10-11-18)23(31)20-8-6-13-25(3,4)34-20/h9,12,17-18,20H,6-8,10-11,13-15H2,1-5H3,(H,26,32)/t17-,20-/m1/s1. The Hall–Kier alpha value is -2.68. The fourth-order valence-corrected chi connectivity index (χ4v) is 4.85. The number of aryl methyl sites for hydroxylation is 2. The molecule has 186 valence electrons. The van der Waals surface area contributed by atoms with Crippen LogP contribution in [0.25, 0.3) is 11.0 Å². The minimum Gasteiger partial charge on any atom is -0.453 e. The highest BCUT2D eigenvalue weighted by Crippen LogP contribution is 2.39. The van der Waals surface area contributed by atoms with Gasteiger partial charge in [0.25, 0.3) is 5.91 Å². The lowest BCUT2D eigenvalue weighted by molar-refractivity contribution is -0.166. The third-order valence-electron chi connectivity index (χ3n) is 6.75. The van der Waals surface area contributed by atoms with Gasteiger partial charge in [-0.15, -0.1) is 0 Å². The third-order valence-corrected chi connectivity index (χ3v) is 6.75. The second-order valence-electron chi connectivity index (χ2n) is 10.1. The Kier molecular flexibility index (Phi) is 7.12. The van der Waals surface area contributed by atoms with E-state index in [9.17, 15) is 9.59 Å². The first kappa shape index (κ1) is 24.4. The molecule has 0 bridgehead atoms. The van der Waals surface area contributed by atoms with E-state index in [-0.39, 0.29) is 23.6 Å². The molecule has 2 aromatic rings. The van der Waals surface area contributed by atoms with Crippen LogP contribution in [-0.4, -0.2) is 63.1 Å². The SMILES string of the molecule is COC(=O)NCCCn1nc([C@@H](C)N(C(=O)[C@H]2CCCC(C)(C)O2)C2CC2)c2ccc(C)nc21. The van der Waals surface area contributed by atoms with Crippen molar-refractivity contribution in [3.8, 4) is 0 Å². The van der Waals surface area contributed by atoms with Crippen LogP contribution in [0.2, 0.25) is 0 Å². The zero-order chi connectivity index (χ0) is 24.5. The molecule has 2 fully saturated rings. The molecule has 9 nitrogen and oxygen atoms in total. The Labute approximate surface area is 201 Å². The van der Waals surface area contributed by atoms with Crippen molar-refractivity contribution in [3.63, 3.8) is 0 Å². The van der Waals surface area contributed by atoms with Crippen LogP contribution in [0, 0.1) is 6.92 Å². The molecule has 3 heterocycles. The molecule has 34 heavy (non-hydrogen) atoms. The first-order valence-corrected chi connectivity index (χ1v) is 12.4. The van der Waals surface area contributed by atoms with E-state index in [1.54, 1.807) is 0 Å². The maximum absolute atomic E-state index is 13.7. The van der Waals surface area contributed by atoms with Gasteiger partial charge in [-0.3, -0.25) is 4.79 Å². The van der Waals surface area contributed by atoms with Gasteiger partial charge < -0.3 is 19.7 Å². The molecule has 1 aliphatic carbocycles. The molecule has 2 atom stereocenters. The number of rotatable bonds is 8. The number of hydrogen-bond donors (Lipinski definition) is 1. The van der Waals surface area contributed by atoms with Crippen LogP contribution in [0.1, 0.15) is 76.7 Å². The van der Waals surface area contributed by atoms with E-state index < -0.39 is 12.2 Å². The van der Waals surface area contributed by atoms with Gasteiger partial charge in [-0.2, -0.15) is 5.10 Å². The number of alkyl carbamates (subject to hydrolysis) is 1. The number of carbonyl (C=O) groups is 2. The van der Waals surface area contributed by atoms with E-state index in [0.717, 1.165) is 54.5 Å². The lowest BCUT2D eigenvalue weighted by atomic mass is 9.94. The number of nitrogens with one attached hydrogen (secondary N) is 1. The number of aromatic nitrogens is 3. The number of fused-ring (bicyclic) bond motifs is 1. The quantitative estimate of drug-likeness (QED) is 0.587. The molecule has 0 radical (unpaired) electrons. The Morgan fingerprint density at radius 1 is 1.32 bits per heavy atom. The normalized spacial score (nSPS) is 20.7. The van der Waals surface area contributed by atoms with Gasteiger partial charge in [0, 0.05) is 30.2 Å². The van der Waals surface area contributed by atoms with Gasteiger partial charge in [0.15, 0.2) is 5.65 Å². The highest BCUT2D eigenvalue weighted by Gasteiger charge is 2.43. The topological polar surface area (TPSA) is 98.6 Å². The molecule has 0 aromatic carbocycles. The summed E-state index contributed by atoms with van der Waals surface area (Å²) in [7, 11) is 1.35. The Morgan fingerprint density at radius 2 is 2.09 bits per heavy atom. The Bertz CT molecular complexity index is 1050. The number of ether oxygens (including phenoxy) is 2. The molecule has 2 aliphatic rings. The molecule has 0 spiro atoms. The fourth-order valence-electron chi connectivity index (χ4n) is 4.85. The van der Waals surface area contributed by atoms with E-state index in [4.69, 9.17) is 14.8 Å². The summed E-state index contributed by atoms with van der Waals surface area (Å²) in [5.41, 5.74) is 2.30. The summed E-state index contributed by atoms with van der Waals surface area (Å²) in [5, 5.41) is 8.59. The van der Waals surface area contributed by atoms with E-state index in [1.807, 2.05) is 22.6 Å². The van der Waals surface area contributed by atoms with Crippen LogP contribution in [0.3, 0.4) is 0 Å². The van der Waals surface area contributed by atoms with Gasteiger partial charge in [0.1, 0.15) is 6.10 Å². The number of amides is 2. The molecule has 0 unspecified atom stereocenters. The lowest BCUT2D eigenvalue weighted by Crippen LogP contribution is -2.48. The molecule has 1 saturated carbocycles. The second-order valence-corrected chi connectivity index (χ2v) is 10.1. The van der Waals surface area contributed by atoms with E-state index >= 15 is 0 Å². The van der Waals surface area contributed by atoms with Crippen molar-refractivity contribution in [3.05, 3.63) is 23.5 Å². The zero-order valence-corrected chi connectivity index (χ0v) is 21.0. The second kappa shape index (κ2) is 9.90. The molecular weight excluding hydrogens is 434 g/mol. The van der Waals surface area contributed by atoms with Gasteiger partial charge in [-0.05, 0) is 78.4 Å². The van der Waals surface area contributed by atoms with Crippen molar-refractivity contribution in [2.75, 3.05) is 13.7 Å². The number of pyridine rings is 1. The number of hydrogen-bond acceptors (Lipinski definition) is 6. The number of methoxy groups -OCH3 is 1. The van der Waals surface area contributed by atoms with Gasteiger partial charge >= 0.3 is 6.09 Å². The first-order valence-electron chi connectivity index (χ1n) is 12.4. The molecule has 4 rings (SSSR count). The predicted octanol–water partition coefficient (Wildman–Crippen LogP) is 3.89. The summed E-state index contributed by atoms with van der Waals surface area (Å²) in [6.45, 7) is 9.23. The largest absolute Gasteiger partial charge is 0.453 e. The zero-order valence-electron chi connectivity index (χ0n) is 21.0. The summed E-state index contributed by atoms with van der Waals surface area (Å²) < 4.78 is 12.7. The van der Waals surface area contributed by atoms with Crippen LogP contribution in [-0.2, 0) is 20.8 Å². The highest BCUT2D eigenvalue weighted by molar-refractivity contribution is 5.84. The maximum Gasteiger partial charge on any atom is 0.406 e. The van der Waals surface area contributed by atoms with Gasteiger partial charge in [0.05, 0.1) is 24.4 Å². The number of carbonyl (C=O) groups excluding carboxylic acids is 2. The van der Waals surface area contributed by atoms with Crippen molar-refractivity contribution in [2.45, 2.75) is 96.6 Å². The summed E-state index contributed by atoms with van der Waals surface area (Å²) in [6, 6.07) is 4.09.